The van der Waals surface area contributed by atoms with Gasteiger partial charge in [0.1, 0.15) is 5.75 Å². The fourth-order valence-electron chi connectivity index (χ4n) is 1.61. The Labute approximate surface area is 93.0 Å². The smallest absolute Gasteiger partial charge is 0.247 e. The zero-order valence-corrected chi connectivity index (χ0v) is 8.90. The first-order valence-electron chi connectivity index (χ1n) is 4.93. The molecule has 2 rings (SSSR count). The molecule has 1 aromatic carbocycles. The van der Waals surface area contributed by atoms with Gasteiger partial charge in [-0.25, -0.2) is 4.90 Å². The summed E-state index contributed by atoms with van der Waals surface area (Å²) in [7, 11) is 1.54. The highest BCUT2D eigenvalue weighted by Gasteiger charge is 2.27. The lowest BCUT2D eigenvalue weighted by Crippen LogP contribution is -2.52. The zero-order chi connectivity index (χ0) is 11.5. The highest BCUT2D eigenvalue weighted by molar-refractivity contribution is 6.17. The maximum atomic E-state index is 11.6. The lowest BCUT2D eigenvalue weighted by molar-refractivity contribution is -0.127. The number of carbonyl (C=O) groups excluding carboxylic acids is 2. The van der Waals surface area contributed by atoms with Gasteiger partial charge < -0.3 is 4.74 Å². The standard InChI is InChI=1S/C11H12N2O3/c1-16-9-4-2-3-8(5-9)13-10(14)6-12-7-11(13)15/h2-5,12H,6-7H2,1H3. The number of methoxy groups -OCH3 is 1. The average molecular weight is 220 g/mol. The van der Waals surface area contributed by atoms with Crippen molar-refractivity contribution in [2.75, 3.05) is 25.1 Å². The molecule has 0 unspecified atom stereocenters. The summed E-state index contributed by atoms with van der Waals surface area (Å²) >= 11 is 0. The first-order valence-corrected chi connectivity index (χ1v) is 4.93. The summed E-state index contributed by atoms with van der Waals surface area (Å²) in [5.74, 6) is 0.130. The molecule has 5 nitrogen and oxygen atoms in total. The van der Waals surface area contributed by atoms with Crippen LogP contribution in [0, 0.1) is 0 Å². The van der Waals surface area contributed by atoms with E-state index in [1.54, 1.807) is 31.4 Å². The van der Waals surface area contributed by atoms with E-state index < -0.39 is 0 Å². The van der Waals surface area contributed by atoms with Gasteiger partial charge in [-0.15, -0.1) is 0 Å². The topological polar surface area (TPSA) is 58.6 Å². The number of hydrogen-bond acceptors (Lipinski definition) is 4. The molecule has 0 radical (unpaired) electrons. The quantitative estimate of drug-likeness (QED) is 0.721. The van der Waals surface area contributed by atoms with Crippen molar-refractivity contribution >= 4 is 17.5 Å². The van der Waals surface area contributed by atoms with Crippen molar-refractivity contribution in [3.05, 3.63) is 24.3 Å². The van der Waals surface area contributed by atoms with Crippen molar-refractivity contribution in [1.29, 1.82) is 0 Å². The molecule has 1 aliphatic heterocycles. The van der Waals surface area contributed by atoms with Crippen LogP contribution in [-0.2, 0) is 9.59 Å². The van der Waals surface area contributed by atoms with Crippen molar-refractivity contribution in [2.24, 2.45) is 0 Å². The maximum absolute atomic E-state index is 11.6. The molecule has 16 heavy (non-hydrogen) atoms. The molecule has 0 spiro atoms. The highest BCUT2D eigenvalue weighted by atomic mass is 16.5. The molecule has 2 amide bonds. The molecule has 1 aromatic rings. The molecule has 5 heteroatoms. The summed E-state index contributed by atoms with van der Waals surface area (Å²) < 4.78 is 5.05. The Morgan fingerprint density at radius 2 is 1.94 bits per heavy atom. The van der Waals surface area contributed by atoms with Crippen molar-refractivity contribution in [3.63, 3.8) is 0 Å². The van der Waals surface area contributed by atoms with Crippen LogP contribution in [0.25, 0.3) is 0 Å². The monoisotopic (exact) mass is 220 g/mol. The van der Waals surface area contributed by atoms with Gasteiger partial charge in [0.2, 0.25) is 11.8 Å². The molecule has 1 aliphatic rings. The number of anilines is 1. The van der Waals surface area contributed by atoms with Crippen LogP contribution in [0.4, 0.5) is 5.69 Å². The van der Waals surface area contributed by atoms with Crippen LogP contribution in [0.5, 0.6) is 5.75 Å². The average Bonchev–Trinajstić information content (AvgIpc) is 2.29. The molecule has 84 valence electrons. The van der Waals surface area contributed by atoms with Crippen LogP contribution < -0.4 is 15.0 Å². The van der Waals surface area contributed by atoms with Gasteiger partial charge in [0.25, 0.3) is 0 Å². The normalized spacial score (nSPS) is 16.4. The third-order valence-electron chi connectivity index (χ3n) is 2.36. The van der Waals surface area contributed by atoms with Crippen LogP contribution in [0.15, 0.2) is 24.3 Å². The second-order valence-electron chi connectivity index (χ2n) is 3.43. The van der Waals surface area contributed by atoms with Crippen LogP contribution in [0.3, 0.4) is 0 Å². The molecule has 1 fully saturated rings. The number of nitrogens with zero attached hydrogens (tertiary/aromatic N) is 1. The minimum atomic E-state index is -0.246. The Morgan fingerprint density at radius 3 is 2.56 bits per heavy atom. The number of imide groups is 1. The lowest BCUT2D eigenvalue weighted by Gasteiger charge is -2.25. The first-order chi connectivity index (χ1) is 7.72. The molecule has 0 atom stereocenters. The van der Waals surface area contributed by atoms with E-state index in [1.165, 1.54) is 4.90 Å². The summed E-state index contributed by atoms with van der Waals surface area (Å²) in [6.45, 7) is 0.367. The van der Waals surface area contributed by atoms with Crippen molar-refractivity contribution < 1.29 is 14.3 Å². The summed E-state index contributed by atoms with van der Waals surface area (Å²) in [6.07, 6.45) is 0. The maximum Gasteiger partial charge on any atom is 0.247 e. The predicted octanol–water partition coefficient (Wildman–Crippen LogP) is 0.158. The summed E-state index contributed by atoms with van der Waals surface area (Å²) in [5, 5.41) is 2.74. The molecule has 0 saturated carbocycles. The molecular formula is C11H12N2O3. The highest BCUT2D eigenvalue weighted by Crippen LogP contribution is 2.21. The van der Waals surface area contributed by atoms with E-state index in [0.29, 0.717) is 11.4 Å². The number of rotatable bonds is 2. The number of benzene rings is 1. The van der Waals surface area contributed by atoms with Gasteiger partial charge in [0.15, 0.2) is 0 Å². The Bertz CT molecular complexity index is 415. The van der Waals surface area contributed by atoms with E-state index in [9.17, 15) is 9.59 Å². The van der Waals surface area contributed by atoms with Crippen molar-refractivity contribution in [1.82, 2.24) is 5.32 Å². The number of carbonyl (C=O) groups is 2. The summed E-state index contributed by atoms with van der Waals surface area (Å²) in [5.41, 5.74) is 0.552. The lowest BCUT2D eigenvalue weighted by atomic mass is 10.2. The summed E-state index contributed by atoms with van der Waals surface area (Å²) in [6, 6.07) is 6.89. The van der Waals surface area contributed by atoms with Gasteiger partial charge in [-0.2, -0.15) is 0 Å². The first kappa shape index (κ1) is 10.6. The molecule has 1 saturated heterocycles. The minimum Gasteiger partial charge on any atom is -0.497 e. The Kier molecular flexibility index (Phi) is 2.87. The van der Waals surface area contributed by atoms with Crippen molar-refractivity contribution in [2.45, 2.75) is 0 Å². The van der Waals surface area contributed by atoms with Gasteiger partial charge in [-0.1, -0.05) is 6.07 Å². The molecule has 1 N–H and O–H groups in total. The number of ether oxygens (including phenoxy) is 1. The predicted molar refractivity (Wildman–Crippen MR) is 58.4 cm³/mol. The van der Waals surface area contributed by atoms with Crippen LogP contribution >= 0.6 is 0 Å². The Morgan fingerprint density at radius 1 is 1.25 bits per heavy atom. The molecule has 0 bridgehead atoms. The van der Waals surface area contributed by atoms with Gasteiger partial charge in [0.05, 0.1) is 25.9 Å². The molecule has 0 aromatic heterocycles. The SMILES string of the molecule is COc1cccc(N2C(=O)CNCC2=O)c1. The fourth-order valence-corrected chi connectivity index (χ4v) is 1.61. The van der Waals surface area contributed by atoms with E-state index in [4.69, 9.17) is 4.74 Å². The third kappa shape index (κ3) is 1.90. The van der Waals surface area contributed by atoms with Gasteiger partial charge >= 0.3 is 0 Å². The van der Waals surface area contributed by atoms with Crippen LogP contribution in [0.1, 0.15) is 0 Å². The van der Waals surface area contributed by atoms with Gasteiger partial charge in [0, 0.05) is 6.07 Å². The van der Waals surface area contributed by atoms with Gasteiger partial charge in [-0.05, 0) is 12.1 Å². The number of piperazine rings is 1. The molecular weight excluding hydrogens is 208 g/mol. The second-order valence-corrected chi connectivity index (χ2v) is 3.43. The van der Waals surface area contributed by atoms with E-state index in [0.717, 1.165) is 0 Å². The number of hydrogen-bond donors (Lipinski definition) is 1. The Balaban J connectivity index is 2.33. The van der Waals surface area contributed by atoms with Crippen LogP contribution in [-0.4, -0.2) is 32.0 Å². The summed E-state index contributed by atoms with van der Waals surface area (Å²) in [4.78, 5) is 24.4. The molecule has 0 aliphatic carbocycles. The van der Waals surface area contributed by atoms with Crippen molar-refractivity contribution in [3.8, 4) is 5.75 Å². The Hall–Kier alpha value is -1.88. The van der Waals surface area contributed by atoms with Gasteiger partial charge in [-0.3, -0.25) is 14.9 Å². The number of amides is 2. The van der Waals surface area contributed by atoms with E-state index in [1.807, 2.05) is 0 Å². The van der Waals surface area contributed by atoms with E-state index >= 15 is 0 Å². The number of nitrogens with one attached hydrogen (secondary N) is 1. The van der Waals surface area contributed by atoms with Crippen LogP contribution in [0.2, 0.25) is 0 Å². The van der Waals surface area contributed by atoms with E-state index in [-0.39, 0.29) is 24.9 Å². The second kappa shape index (κ2) is 4.32. The van der Waals surface area contributed by atoms with E-state index in [2.05, 4.69) is 5.32 Å². The molecule has 1 heterocycles. The minimum absolute atomic E-state index is 0.183. The largest absolute Gasteiger partial charge is 0.497 e. The third-order valence-corrected chi connectivity index (χ3v) is 2.36. The fraction of sp³-hybridized carbons (Fsp3) is 0.273. The zero-order valence-electron chi connectivity index (χ0n) is 8.90.